The molecule has 0 aromatic heterocycles. The molecule has 1 aliphatic rings. The molecule has 0 spiro atoms. The average Bonchev–Trinajstić information content (AvgIpc) is 1.84. The van der Waals surface area contributed by atoms with Gasteiger partial charge in [0, 0.05) is 12.5 Å². The largest absolute Gasteiger partial charge is 0.325 e. The van der Waals surface area contributed by atoms with E-state index in [1.54, 1.807) is 0 Å². The van der Waals surface area contributed by atoms with Crippen LogP contribution in [0.4, 0.5) is 13.2 Å². The van der Waals surface area contributed by atoms with Crippen molar-refractivity contribution >= 4 is 0 Å². The summed E-state index contributed by atoms with van der Waals surface area (Å²) in [5.41, 5.74) is 5.15. The monoisotopic (exact) mass is 153 g/mol. The van der Waals surface area contributed by atoms with Crippen molar-refractivity contribution in [2.45, 2.75) is 37.4 Å². The second kappa shape index (κ2) is 2.78. The lowest BCUT2D eigenvalue weighted by Crippen LogP contribution is -2.44. The summed E-state index contributed by atoms with van der Waals surface area (Å²) in [4.78, 5) is 0. The molecule has 1 fully saturated rings. The first-order valence-electron chi connectivity index (χ1n) is 3.29. The van der Waals surface area contributed by atoms with Crippen molar-refractivity contribution < 1.29 is 13.2 Å². The summed E-state index contributed by atoms with van der Waals surface area (Å²) in [5, 5.41) is 0. The Morgan fingerprint density at radius 1 is 0.900 bits per heavy atom. The average molecular weight is 153 g/mol. The fourth-order valence-electron chi connectivity index (χ4n) is 1.09. The first-order valence-corrected chi connectivity index (χ1v) is 3.29. The Bertz CT molecular complexity index is 93.6. The summed E-state index contributed by atoms with van der Waals surface area (Å²) < 4.78 is 37.2. The van der Waals surface area contributed by atoms with Crippen LogP contribution in [-0.2, 0) is 0 Å². The van der Waals surface area contributed by atoms with E-state index in [4.69, 9.17) is 5.73 Å². The van der Waals surface area contributed by atoms with E-state index in [0.717, 1.165) is 0 Å². The van der Waals surface area contributed by atoms with E-state index in [1.165, 1.54) is 0 Å². The van der Waals surface area contributed by atoms with Gasteiger partial charge in [0.2, 0.25) is 0 Å². The number of nitrogens with two attached hydrogens (primary N) is 1. The lowest BCUT2D eigenvalue weighted by molar-refractivity contribution is 0.0589. The van der Waals surface area contributed by atoms with Crippen LogP contribution in [0.5, 0.6) is 0 Å². The summed E-state index contributed by atoms with van der Waals surface area (Å²) in [5.74, 6) is 0. The van der Waals surface area contributed by atoms with E-state index < -0.39 is 24.6 Å². The van der Waals surface area contributed by atoms with Gasteiger partial charge in [0.1, 0.15) is 18.5 Å². The summed E-state index contributed by atoms with van der Waals surface area (Å²) >= 11 is 0. The van der Waals surface area contributed by atoms with Gasteiger partial charge >= 0.3 is 0 Å². The first-order chi connectivity index (χ1) is 4.61. The Labute approximate surface area is 57.4 Å². The maximum Gasteiger partial charge on any atom is 0.134 e. The molecule has 1 saturated carbocycles. The highest BCUT2D eigenvalue weighted by Crippen LogP contribution is 2.25. The van der Waals surface area contributed by atoms with Crippen molar-refractivity contribution in [2.24, 2.45) is 5.73 Å². The predicted octanol–water partition coefficient (Wildman–Crippen LogP) is 1.12. The van der Waals surface area contributed by atoms with E-state index in [1.807, 2.05) is 0 Å². The highest BCUT2D eigenvalue weighted by molar-refractivity contribution is 4.88. The summed E-state index contributed by atoms with van der Waals surface area (Å²) in [6, 6.07) is -0.818. The zero-order valence-electron chi connectivity index (χ0n) is 5.43. The maximum atomic E-state index is 12.5. The van der Waals surface area contributed by atoms with Gasteiger partial charge in [-0.3, -0.25) is 0 Å². The summed E-state index contributed by atoms with van der Waals surface area (Å²) in [6.07, 6.45) is -5.18. The van der Waals surface area contributed by atoms with Crippen LogP contribution >= 0.6 is 0 Å². The van der Waals surface area contributed by atoms with E-state index in [9.17, 15) is 13.2 Å². The molecule has 1 nitrogen and oxygen atoms in total. The number of hydrogen-bond donors (Lipinski definition) is 1. The fraction of sp³-hybridized carbons (Fsp3) is 1.00. The van der Waals surface area contributed by atoms with Crippen LogP contribution in [0.25, 0.3) is 0 Å². The molecule has 0 aromatic carbocycles. The lowest BCUT2D eigenvalue weighted by atomic mass is 9.91. The Kier molecular flexibility index (Phi) is 2.18. The van der Waals surface area contributed by atoms with Gasteiger partial charge in [-0.2, -0.15) is 0 Å². The normalized spacial score (nSPS) is 49.2. The topological polar surface area (TPSA) is 26.0 Å². The molecule has 0 heterocycles. The Balaban J connectivity index is 2.46. The second-order valence-electron chi connectivity index (χ2n) is 2.68. The number of rotatable bonds is 0. The van der Waals surface area contributed by atoms with Crippen LogP contribution in [0.3, 0.4) is 0 Å². The summed E-state index contributed by atoms with van der Waals surface area (Å²) in [6.45, 7) is 0. The molecule has 2 N–H and O–H groups in total. The molecule has 4 heteroatoms. The van der Waals surface area contributed by atoms with Gasteiger partial charge in [-0.25, -0.2) is 13.2 Å². The van der Waals surface area contributed by atoms with E-state index in [-0.39, 0.29) is 12.8 Å². The minimum atomic E-state index is -1.66. The number of alkyl halides is 3. The molecule has 4 atom stereocenters. The molecule has 4 unspecified atom stereocenters. The quantitative estimate of drug-likeness (QED) is 0.554. The third kappa shape index (κ3) is 1.42. The van der Waals surface area contributed by atoms with Gasteiger partial charge in [-0.15, -0.1) is 0 Å². The number of hydrogen-bond acceptors (Lipinski definition) is 1. The smallest absolute Gasteiger partial charge is 0.134 e. The molecule has 0 saturated heterocycles. The zero-order chi connectivity index (χ0) is 7.72. The van der Waals surface area contributed by atoms with Gasteiger partial charge < -0.3 is 5.73 Å². The third-order valence-corrected chi connectivity index (χ3v) is 1.80. The van der Waals surface area contributed by atoms with Crippen LogP contribution in [-0.4, -0.2) is 24.6 Å². The Morgan fingerprint density at radius 3 is 1.90 bits per heavy atom. The predicted molar refractivity (Wildman–Crippen MR) is 31.9 cm³/mol. The van der Waals surface area contributed by atoms with Crippen molar-refractivity contribution in [3.8, 4) is 0 Å². The van der Waals surface area contributed by atoms with Gasteiger partial charge in [0.15, 0.2) is 0 Å². The fourth-order valence-corrected chi connectivity index (χ4v) is 1.09. The van der Waals surface area contributed by atoms with Crippen molar-refractivity contribution in [2.75, 3.05) is 0 Å². The van der Waals surface area contributed by atoms with Gasteiger partial charge in [0.05, 0.1) is 0 Å². The minimum absolute atomic E-state index is 0.192. The lowest BCUT2D eigenvalue weighted by Gasteiger charge is -2.27. The second-order valence-corrected chi connectivity index (χ2v) is 2.68. The Hall–Kier alpha value is -0.250. The highest BCUT2D eigenvalue weighted by atomic mass is 19.2. The van der Waals surface area contributed by atoms with Crippen molar-refractivity contribution in [1.82, 2.24) is 0 Å². The van der Waals surface area contributed by atoms with E-state index in [2.05, 4.69) is 0 Å². The van der Waals surface area contributed by atoms with Crippen molar-refractivity contribution in [3.63, 3.8) is 0 Å². The molecular formula is C6H10F3N. The SMILES string of the molecule is NC1CC(F)C(F)CC1F. The van der Waals surface area contributed by atoms with Gasteiger partial charge in [-0.05, 0) is 6.42 Å². The minimum Gasteiger partial charge on any atom is -0.325 e. The van der Waals surface area contributed by atoms with Crippen LogP contribution < -0.4 is 5.73 Å². The van der Waals surface area contributed by atoms with Crippen LogP contribution in [0.15, 0.2) is 0 Å². The summed E-state index contributed by atoms with van der Waals surface area (Å²) in [7, 11) is 0. The molecule has 1 aliphatic carbocycles. The standard InChI is InChI=1S/C6H10F3N/c7-3-1-5(9)6(10)2-4(3)8/h3-6H,1-2,10H2. The molecule has 60 valence electrons. The third-order valence-electron chi connectivity index (χ3n) is 1.80. The van der Waals surface area contributed by atoms with E-state index >= 15 is 0 Å². The zero-order valence-corrected chi connectivity index (χ0v) is 5.43. The molecule has 0 bridgehead atoms. The molecule has 0 amide bonds. The van der Waals surface area contributed by atoms with Crippen LogP contribution in [0, 0.1) is 0 Å². The molecule has 0 aromatic rings. The van der Waals surface area contributed by atoms with Gasteiger partial charge in [-0.1, -0.05) is 0 Å². The van der Waals surface area contributed by atoms with Crippen molar-refractivity contribution in [1.29, 1.82) is 0 Å². The first kappa shape index (κ1) is 7.85. The van der Waals surface area contributed by atoms with Crippen LogP contribution in [0.2, 0.25) is 0 Å². The number of halogens is 3. The van der Waals surface area contributed by atoms with Crippen molar-refractivity contribution in [3.05, 3.63) is 0 Å². The Morgan fingerprint density at radius 2 is 1.40 bits per heavy atom. The van der Waals surface area contributed by atoms with Crippen LogP contribution in [0.1, 0.15) is 12.8 Å². The van der Waals surface area contributed by atoms with Gasteiger partial charge in [0.25, 0.3) is 0 Å². The molecule has 1 rings (SSSR count). The molecular weight excluding hydrogens is 143 g/mol. The highest BCUT2D eigenvalue weighted by Gasteiger charge is 2.35. The molecule has 0 aliphatic heterocycles. The van der Waals surface area contributed by atoms with E-state index in [0.29, 0.717) is 0 Å². The molecule has 10 heavy (non-hydrogen) atoms. The molecule has 0 radical (unpaired) electrons. The maximum absolute atomic E-state index is 12.5.